The molecule has 1 atom stereocenters. The van der Waals surface area contributed by atoms with Gasteiger partial charge in [0.05, 0.1) is 5.02 Å². The zero-order valence-electron chi connectivity index (χ0n) is 15.2. The fourth-order valence-corrected chi connectivity index (χ4v) is 2.53. The number of carboxylic acid groups (broad SMARTS) is 1. The molecule has 1 aromatic rings. The molecular weight excluding hydrogens is 391 g/mol. The molecule has 0 spiro atoms. The number of hydrogen-bond acceptors (Lipinski definition) is 4. The third kappa shape index (κ3) is 9.31. The van der Waals surface area contributed by atoms with E-state index in [1.54, 1.807) is 25.1 Å². The van der Waals surface area contributed by atoms with Gasteiger partial charge in [0.1, 0.15) is 11.9 Å². The number of rotatable bonds is 10. The summed E-state index contributed by atoms with van der Waals surface area (Å²) < 4.78 is 10.8. The molecule has 0 amide bonds. The molecule has 0 fully saturated rings. The van der Waals surface area contributed by atoms with Gasteiger partial charge < -0.3 is 14.6 Å². The van der Waals surface area contributed by atoms with Crippen molar-refractivity contribution in [1.29, 1.82) is 0 Å². The monoisotopic (exact) mass is 412 g/mol. The van der Waals surface area contributed by atoms with Gasteiger partial charge in [-0.2, -0.15) is 0 Å². The van der Waals surface area contributed by atoms with E-state index in [0.29, 0.717) is 34.2 Å². The third-order valence-electron chi connectivity index (χ3n) is 3.48. The highest BCUT2D eigenvalue weighted by molar-refractivity contribution is 6.35. The van der Waals surface area contributed by atoms with Crippen LogP contribution in [0.15, 0.2) is 54.2 Å². The van der Waals surface area contributed by atoms with E-state index in [1.807, 2.05) is 6.92 Å². The van der Waals surface area contributed by atoms with Crippen molar-refractivity contribution in [2.75, 3.05) is 6.61 Å². The van der Waals surface area contributed by atoms with Crippen LogP contribution < -0.4 is 4.74 Å². The molecule has 0 saturated heterocycles. The van der Waals surface area contributed by atoms with Crippen molar-refractivity contribution < 1.29 is 24.2 Å². The Labute approximate surface area is 168 Å². The van der Waals surface area contributed by atoms with E-state index < -0.39 is 18.0 Å². The molecule has 0 heterocycles. The second-order valence-corrected chi connectivity index (χ2v) is 6.78. The normalized spacial score (nSPS) is 12.7. The van der Waals surface area contributed by atoms with E-state index >= 15 is 0 Å². The van der Waals surface area contributed by atoms with E-state index in [0.717, 1.165) is 11.6 Å². The summed E-state index contributed by atoms with van der Waals surface area (Å²) in [5, 5.41) is 9.35. The topological polar surface area (TPSA) is 72.8 Å². The first kappa shape index (κ1) is 22.8. The Morgan fingerprint density at radius 1 is 1.30 bits per heavy atom. The first-order valence-electron chi connectivity index (χ1n) is 8.18. The minimum Gasteiger partial charge on any atom is -0.480 e. The highest BCUT2D eigenvalue weighted by atomic mass is 35.5. The predicted octanol–water partition coefficient (Wildman–Crippen LogP) is 5.23. The van der Waals surface area contributed by atoms with Gasteiger partial charge in [-0.15, -0.1) is 0 Å². The summed E-state index contributed by atoms with van der Waals surface area (Å²) in [5.74, 6) is -1.20. The molecule has 5 nitrogen and oxygen atoms in total. The van der Waals surface area contributed by atoms with Crippen LogP contribution in [0, 0.1) is 0 Å². The van der Waals surface area contributed by atoms with Crippen molar-refractivity contribution in [1.82, 2.24) is 0 Å². The standard InChI is InChI=1S/C20H22Cl2O5/c1-13(2)17(9-7-14(3)5-4-6-19(23)24)27-20(25)12-26-18-10-8-15(21)11-16(18)22/h4-6,8,10-11,17H,1,7,9,12H2,2-3H3,(H,23,24). The van der Waals surface area contributed by atoms with Crippen molar-refractivity contribution in [2.45, 2.75) is 32.8 Å². The lowest BCUT2D eigenvalue weighted by molar-refractivity contribution is -0.150. The molecule has 0 aliphatic carbocycles. The van der Waals surface area contributed by atoms with E-state index in [1.165, 1.54) is 12.1 Å². The van der Waals surface area contributed by atoms with Crippen molar-refractivity contribution >= 4 is 35.1 Å². The smallest absolute Gasteiger partial charge is 0.344 e. The average molecular weight is 413 g/mol. The van der Waals surface area contributed by atoms with Crippen molar-refractivity contribution in [3.63, 3.8) is 0 Å². The number of hydrogen-bond donors (Lipinski definition) is 1. The molecule has 7 heteroatoms. The van der Waals surface area contributed by atoms with Gasteiger partial charge in [-0.1, -0.05) is 47.5 Å². The van der Waals surface area contributed by atoms with Gasteiger partial charge in [-0.3, -0.25) is 0 Å². The second-order valence-electron chi connectivity index (χ2n) is 5.94. The van der Waals surface area contributed by atoms with Crippen LogP contribution in [0.5, 0.6) is 5.75 Å². The van der Waals surface area contributed by atoms with Gasteiger partial charge >= 0.3 is 11.9 Å². The molecular formula is C20H22Cl2O5. The quantitative estimate of drug-likeness (QED) is 0.246. The molecule has 0 bridgehead atoms. The molecule has 0 radical (unpaired) electrons. The SMILES string of the molecule is C=C(C)C(CCC(C)=CC=CC(=O)O)OC(=O)COc1ccc(Cl)cc1Cl. The minimum atomic E-state index is -1.01. The Kier molecular flexibility index (Phi) is 9.68. The van der Waals surface area contributed by atoms with Crippen molar-refractivity contribution in [3.8, 4) is 5.75 Å². The Hall–Kier alpha value is -2.24. The van der Waals surface area contributed by atoms with Gasteiger partial charge in [-0.25, -0.2) is 9.59 Å². The van der Waals surface area contributed by atoms with Crippen molar-refractivity contribution in [2.24, 2.45) is 0 Å². The molecule has 0 aromatic heterocycles. The van der Waals surface area contributed by atoms with E-state index in [4.69, 9.17) is 37.8 Å². The molecule has 0 aliphatic heterocycles. The molecule has 0 aliphatic rings. The van der Waals surface area contributed by atoms with Crippen LogP contribution in [0.3, 0.4) is 0 Å². The maximum Gasteiger partial charge on any atom is 0.344 e. The van der Waals surface area contributed by atoms with Gasteiger partial charge in [0, 0.05) is 11.1 Å². The molecule has 1 N–H and O–H groups in total. The fourth-order valence-electron chi connectivity index (χ4n) is 2.06. The number of carbonyl (C=O) groups is 2. The Morgan fingerprint density at radius 2 is 2.00 bits per heavy atom. The number of halogens is 2. The summed E-state index contributed by atoms with van der Waals surface area (Å²) in [7, 11) is 0. The Balaban J connectivity index is 2.54. The van der Waals surface area contributed by atoms with Crippen LogP contribution in [0.4, 0.5) is 0 Å². The van der Waals surface area contributed by atoms with Crippen LogP contribution in [0.1, 0.15) is 26.7 Å². The maximum absolute atomic E-state index is 12.1. The number of carboxylic acids is 1. The highest BCUT2D eigenvalue weighted by Gasteiger charge is 2.16. The molecule has 146 valence electrons. The summed E-state index contributed by atoms with van der Waals surface area (Å²) in [5.41, 5.74) is 1.67. The van der Waals surface area contributed by atoms with Crippen LogP contribution >= 0.6 is 23.2 Å². The summed E-state index contributed by atoms with van der Waals surface area (Å²) in [6, 6.07) is 4.71. The Bertz CT molecular complexity index is 753. The van der Waals surface area contributed by atoms with Gasteiger partial charge in [0.2, 0.25) is 0 Å². The lowest BCUT2D eigenvalue weighted by Crippen LogP contribution is -2.23. The van der Waals surface area contributed by atoms with Crippen LogP contribution in [0.2, 0.25) is 10.0 Å². The highest BCUT2D eigenvalue weighted by Crippen LogP contribution is 2.27. The summed E-state index contributed by atoms with van der Waals surface area (Å²) in [6.07, 6.45) is 4.91. The summed E-state index contributed by atoms with van der Waals surface area (Å²) in [4.78, 5) is 22.5. The number of benzene rings is 1. The fraction of sp³-hybridized carbons (Fsp3) is 0.300. The molecule has 1 aromatic carbocycles. The van der Waals surface area contributed by atoms with Crippen LogP contribution in [-0.4, -0.2) is 29.8 Å². The van der Waals surface area contributed by atoms with Crippen LogP contribution in [0.25, 0.3) is 0 Å². The van der Waals surface area contributed by atoms with E-state index in [2.05, 4.69) is 6.58 Å². The Morgan fingerprint density at radius 3 is 2.59 bits per heavy atom. The largest absolute Gasteiger partial charge is 0.480 e. The minimum absolute atomic E-state index is 0.290. The van der Waals surface area contributed by atoms with E-state index in [9.17, 15) is 9.59 Å². The van der Waals surface area contributed by atoms with Gasteiger partial charge in [-0.05, 0) is 50.5 Å². The summed E-state index contributed by atoms with van der Waals surface area (Å²) in [6.45, 7) is 7.20. The summed E-state index contributed by atoms with van der Waals surface area (Å²) >= 11 is 11.8. The number of allylic oxidation sites excluding steroid dienone is 3. The maximum atomic E-state index is 12.1. The number of esters is 1. The lowest BCUT2D eigenvalue weighted by atomic mass is 10.0. The molecule has 1 unspecified atom stereocenters. The average Bonchev–Trinajstić information content (AvgIpc) is 2.57. The first-order valence-corrected chi connectivity index (χ1v) is 8.94. The zero-order chi connectivity index (χ0) is 20.4. The van der Waals surface area contributed by atoms with Gasteiger partial charge in [0.25, 0.3) is 0 Å². The predicted molar refractivity (Wildman–Crippen MR) is 106 cm³/mol. The number of carbonyl (C=O) groups excluding carboxylic acids is 1. The second kappa shape index (κ2) is 11.5. The van der Waals surface area contributed by atoms with Gasteiger partial charge in [0.15, 0.2) is 6.61 Å². The molecule has 0 saturated carbocycles. The number of aliphatic carboxylic acids is 1. The first-order chi connectivity index (χ1) is 12.7. The lowest BCUT2D eigenvalue weighted by Gasteiger charge is -2.18. The zero-order valence-corrected chi connectivity index (χ0v) is 16.7. The third-order valence-corrected chi connectivity index (χ3v) is 4.01. The molecule has 1 rings (SSSR count). The van der Waals surface area contributed by atoms with Crippen LogP contribution in [-0.2, 0) is 14.3 Å². The van der Waals surface area contributed by atoms with Crippen molar-refractivity contribution in [3.05, 3.63) is 64.2 Å². The molecule has 27 heavy (non-hydrogen) atoms. The van der Waals surface area contributed by atoms with E-state index in [-0.39, 0.29) is 6.61 Å². The number of ether oxygens (including phenoxy) is 2.